The highest BCUT2D eigenvalue weighted by Crippen LogP contribution is 2.18. The van der Waals surface area contributed by atoms with Gasteiger partial charge >= 0.3 is 5.97 Å². The number of carbonyl (C=O) groups excluding carboxylic acids is 2. The minimum Gasteiger partial charge on any atom is -0.465 e. The van der Waals surface area contributed by atoms with Crippen molar-refractivity contribution in [2.75, 3.05) is 33.4 Å². The van der Waals surface area contributed by atoms with Gasteiger partial charge < -0.3 is 14.4 Å². The number of halogens is 1. The molecule has 0 saturated carbocycles. The number of amides is 1. The van der Waals surface area contributed by atoms with E-state index in [4.69, 9.17) is 4.74 Å². The van der Waals surface area contributed by atoms with Gasteiger partial charge in [0.25, 0.3) is 5.91 Å². The number of rotatable bonds is 2. The number of ether oxygens (including phenoxy) is 2. The molecule has 5 nitrogen and oxygen atoms in total. The SMILES string of the molecule is COC(=O)c1cc(Br)cc(C(=O)N2CCOCC2)c1. The van der Waals surface area contributed by atoms with Gasteiger partial charge in [-0.1, -0.05) is 15.9 Å². The van der Waals surface area contributed by atoms with Crippen molar-refractivity contribution in [1.29, 1.82) is 0 Å². The van der Waals surface area contributed by atoms with Gasteiger partial charge in [-0.3, -0.25) is 4.79 Å². The van der Waals surface area contributed by atoms with Crippen LogP contribution in [0.2, 0.25) is 0 Å². The summed E-state index contributed by atoms with van der Waals surface area (Å²) in [5, 5.41) is 0. The topological polar surface area (TPSA) is 55.8 Å². The lowest BCUT2D eigenvalue weighted by Crippen LogP contribution is -2.40. The van der Waals surface area contributed by atoms with Crippen LogP contribution in [0.15, 0.2) is 22.7 Å². The van der Waals surface area contributed by atoms with Crippen LogP contribution in [0.4, 0.5) is 0 Å². The third-order valence-corrected chi connectivity index (χ3v) is 3.32. The van der Waals surface area contributed by atoms with Crippen molar-refractivity contribution in [2.24, 2.45) is 0 Å². The second-order valence-corrected chi connectivity index (χ2v) is 5.04. The second kappa shape index (κ2) is 6.16. The van der Waals surface area contributed by atoms with E-state index in [1.807, 2.05) is 0 Å². The predicted molar refractivity (Wildman–Crippen MR) is 72.2 cm³/mol. The lowest BCUT2D eigenvalue weighted by Gasteiger charge is -2.27. The van der Waals surface area contributed by atoms with Crippen molar-refractivity contribution < 1.29 is 19.1 Å². The maximum Gasteiger partial charge on any atom is 0.337 e. The van der Waals surface area contributed by atoms with E-state index in [0.29, 0.717) is 41.9 Å². The van der Waals surface area contributed by atoms with E-state index in [1.165, 1.54) is 7.11 Å². The van der Waals surface area contributed by atoms with Crippen LogP contribution in [-0.2, 0) is 9.47 Å². The molecule has 0 spiro atoms. The minimum absolute atomic E-state index is 0.102. The highest BCUT2D eigenvalue weighted by Gasteiger charge is 2.20. The van der Waals surface area contributed by atoms with Crippen molar-refractivity contribution in [3.8, 4) is 0 Å². The Morgan fingerprint density at radius 3 is 2.47 bits per heavy atom. The molecule has 0 bridgehead atoms. The number of esters is 1. The van der Waals surface area contributed by atoms with E-state index in [9.17, 15) is 9.59 Å². The van der Waals surface area contributed by atoms with E-state index >= 15 is 0 Å². The normalized spacial score (nSPS) is 15.2. The van der Waals surface area contributed by atoms with Gasteiger partial charge in [-0.15, -0.1) is 0 Å². The Kier molecular flexibility index (Phi) is 4.55. The third kappa shape index (κ3) is 3.33. The fourth-order valence-electron chi connectivity index (χ4n) is 1.90. The molecule has 0 radical (unpaired) electrons. The fraction of sp³-hybridized carbons (Fsp3) is 0.385. The summed E-state index contributed by atoms with van der Waals surface area (Å²) in [6.45, 7) is 2.23. The zero-order chi connectivity index (χ0) is 13.8. The molecule has 2 rings (SSSR count). The molecule has 0 unspecified atom stereocenters. The lowest BCUT2D eigenvalue weighted by atomic mass is 10.1. The molecule has 1 aliphatic rings. The molecule has 1 fully saturated rings. The smallest absolute Gasteiger partial charge is 0.337 e. The number of methoxy groups -OCH3 is 1. The monoisotopic (exact) mass is 327 g/mol. The number of benzene rings is 1. The largest absolute Gasteiger partial charge is 0.465 e. The summed E-state index contributed by atoms with van der Waals surface area (Å²) in [6, 6.07) is 4.88. The summed E-state index contributed by atoms with van der Waals surface area (Å²) in [5.74, 6) is -0.563. The van der Waals surface area contributed by atoms with Gasteiger partial charge in [0, 0.05) is 23.1 Å². The molecule has 1 aromatic carbocycles. The standard InChI is InChI=1S/C13H14BrNO4/c1-18-13(17)10-6-9(7-11(14)8-10)12(16)15-2-4-19-5-3-15/h6-8H,2-5H2,1H3. The van der Waals surface area contributed by atoms with Gasteiger partial charge in [0.2, 0.25) is 0 Å². The molecule has 1 aliphatic heterocycles. The molecular formula is C13H14BrNO4. The summed E-state index contributed by atoms with van der Waals surface area (Å²) < 4.78 is 10.6. The van der Waals surface area contributed by atoms with E-state index < -0.39 is 5.97 Å². The van der Waals surface area contributed by atoms with Crippen LogP contribution >= 0.6 is 15.9 Å². The Labute approximate surface area is 119 Å². The Bertz CT molecular complexity index is 497. The van der Waals surface area contributed by atoms with Crippen molar-refractivity contribution in [1.82, 2.24) is 4.90 Å². The second-order valence-electron chi connectivity index (χ2n) is 4.12. The van der Waals surface area contributed by atoms with Crippen molar-refractivity contribution in [3.63, 3.8) is 0 Å². The first kappa shape index (κ1) is 14.0. The Morgan fingerprint density at radius 1 is 1.21 bits per heavy atom. The first-order chi connectivity index (χ1) is 9.11. The summed E-state index contributed by atoms with van der Waals surface area (Å²) >= 11 is 3.30. The van der Waals surface area contributed by atoms with Crippen molar-refractivity contribution >= 4 is 27.8 Å². The summed E-state index contributed by atoms with van der Waals surface area (Å²) in [6.07, 6.45) is 0. The van der Waals surface area contributed by atoms with Gasteiger partial charge in [-0.05, 0) is 18.2 Å². The third-order valence-electron chi connectivity index (χ3n) is 2.86. The molecule has 6 heteroatoms. The van der Waals surface area contributed by atoms with Crippen LogP contribution in [0.3, 0.4) is 0 Å². The van der Waals surface area contributed by atoms with E-state index in [2.05, 4.69) is 20.7 Å². The van der Waals surface area contributed by atoms with Crippen LogP contribution in [0.5, 0.6) is 0 Å². The first-order valence-corrected chi connectivity index (χ1v) is 6.67. The molecule has 1 heterocycles. The summed E-state index contributed by atoms with van der Waals surface area (Å²) in [4.78, 5) is 25.6. The molecule has 102 valence electrons. The number of nitrogens with zero attached hydrogens (tertiary/aromatic N) is 1. The van der Waals surface area contributed by atoms with Crippen LogP contribution < -0.4 is 0 Å². The quantitative estimate of drug-likeness (QED) is 0.776. The average Bonchev–Trinajstić information content (AvgIpc) is 2.45. The lowest BCUT2D eigenvalue weighted by molar-refractivity contribution is 0.0303. The predicted octanol–water partition coefficient (Wildman–Crippen LogP) is 1.71. The van der Waals surface area contributed by atoms with Crippen molar-refractivity contribution in [3.05, 3.63) is 33.8 Å². The Balaban J connectivity index is 2.25. The van der Waals surface area contributed by atoms with Gasteiger partial charge in [0.05, 0.1) is 25.9 Å². The molecule has 0 atom stereocenters. The maximum atomic E-state index is 12.3. The summed E-state index contributed by atoms with van der Waals surface area (Å²) in [5.41, 5.74) is 0.824. The van der Waals surface area contributed by atoms with E-state index in [1.54, 1.807) is 23.1 Å². The van der Waals surface area contributed by atoms with Gasteiger partial charge in [0.15, 0.2) is 0 Å². The van der Waals surface area contributed by atoms with Crippen LogP contribution in [-0.4, -0.2) is 50.2 Å². The number of morpholine rings is 1. The van der Waals surface area contributed by atoms with Crippen molar-refractivity contribution in [2.45, 2.75) is 0 Å². The fourth-order valence-corrected chi connectivity index (χ4v) is 2.39. The van der Waals surface area contributed by atoms with Crippen LogP contribution in [0.1, 0.15) is 20.7 Å². The molecule has 0 aliphatic carbocycles. The van der Waals surface area contributed by atoms with Crippen LogP contribution in [0.25, 0.3) is 0 Å². The van der Waals surface area contributed by atoms with E-state index in [0.717, 1.165) is 0 Å². The molecule has 0 aromatic heterocycles. The zero-order valence-corrected chi connectivity index (χ0v) is 12.1. The van der Waals surface area contributed by atoms with Gasteiger partial charge in [0.1, 0.15) is 0 Å². The Morgan fingerprint density at radius 2 is 1.84 bits per heavy atom. The van der Waals surface area contributed by atoms with Gasteiger partial charge in [-0.25, -0.2) is 4.79 Å². The van der Waals surface area contributed by atoms with Gasteiger partial charge in [-0.2, -0.15) is 0 Å². The molecule has 1 aromatic rings. The van der Waals surface area contributed by atoms with E-state index in [-0.39, 0.29) is 5.91 Å². The summed E-state index contributed by atoms with van der Waals surface area (Å²) in [7, 11) is 1.31. The highest BCUT2D eigenvalue weighted by atomic mass is 79.9. The first-order valence-electron chi connectivity index (χ1n) is 5.88. The zero-order valence-electron chi connectivity index (χ0n) is 10.5. The molecule has 1 saturated heterocycles. The molecular weight excluding hydrogens is 314 g/mol. The Hall–Kier alpha value is -1.40. The molecule has 1 amide bonds. The highest BCUT2D eigenvalue weighted by molar-refractivity contribution is 9.10. The molecule has 19 heavy (non-hydrogen) atoms. The average molecular weight is 328 g/mol. The minimum atomic E-state index is -0.461. The number of hydrogen-bond donors (Lipinski definition) is 0. The number of carbonyl (C=O) groups is 2. The number of hydrogen-bond acceptors (Lipinski definition) is 4. The maximum absolute atomic E-state index is 12.3. The van der Waals surface area contributed by atoms with Crippen LogP contribution in [0, 0.1) is 0 Å². The molecule has 0 N–H and O–H groups in total.